The van der Waals surface area contributed by atoms with E-state index in [2.05, 4.69) is 24.1 Å². The van der Waals surface area contributed by atoms with E-state index in [0.29, 0.717) is 22.2 Å². The summed E-state index contributed by atoms with van der Waals surface area (Å²) in [6, 6.07) is 5.16. The molecule has 1 aliphatic carbocycles. The Hall–Kier alpha value is -1.50. The number of halogens is 1. The third-order valence-corrected chi connectivity index (χ3v) is 3.97. The van der Waals surface area contributed by atoms with Crippen LogP contribution >= 0.6 is 11.6 Å². The number of nitrogens with one attached hydrogen (secondary N) is 1. The molecular weight excluding hydrogens is 274 g/mol. The second kappa shape index (κ2) is 6.78. The largest absolute Gasteiger partial charge is 0.384 e. The number of carbonyl (C=O) groups excluding carboxylic acids is 1. The maximum atomic E-state index is 12.3. The van der Waals surface area contributed by atoms with Crippen molar-refractivity contribution in [1.29, 1.82) is 0 Å². The van der Waals surface area contributed by atoms with E-state index in [1.54, 1.807) is 18.2 Å². The minimum atomic E-state index is -0.213. The summed E-state index contributed by atoms with van der Waals surface area (Å²) in [5.74, 6) is 5.92. The highest BCUT2D eigenvalue weighted by Gasteiger charge is 2.29. The van der Waals surface area contributed by atoms with Gasteiger partial charge in [-0.2, -0.15) is 0 Å². The molecule has 1 aliphatic rings. The third-order valence-electron chi connectivity index (χ3n) is 3.74. The molecule has 2 N–H and O–H groups in total. The van der Waals surface area contributed by atoms with Crippen molar-refractivity contribution in [3.63, 3.8) is 0 Å². The van der Waals surface area contributed by atoms with Gasteiger partial charge < -0.3 is 10.4 Å². The molecule has 0 saturated heterocycles. The Balaban J connectivity index is 2.19. The molecule has 0 radical (unpaired) electrons. The fourth-order valence-electron chi connectivity index (χ4n) is 2.62. The molecule has 1 amide bonds. The first-order valence-electron chi connectivity index (χ1n) is 6.82. The lowest BCUT2D eigenvalue weighted by atomic mass is 9.97. The van der Waals surface area contributed by atoms with Crippen LogP contribution in [0.4, 0.5) is 5.69 Å². The highest BCUT2D eigenvalue weighted by molar-refractivity contribution is 6.31. The van der Waals surface area contributed by atoms with E-state index in [4.69, 9.17) is 16.7 Å². The molecule has 0 aromatic heterocycles. The van der Waals surface area contributed by atoms with Gasteiger partial charge in [0.1, 0.15) is 6.61 Å². The molecule has 2 atom stereocenters. The molecule has 4 heteroatoms. The number of hydrogen-bond acceptors (Lipinski definition) is 2. The summed E-state index contributed by atoms with van der Waals surface area (Å²) in [6.07, 6.45) is 3.14. The number of anilines is 1. The quantitative estimate of drug-likeness (QED) is 0.823. The average molecular weight is 292 g/mol. The SMILES string of the molecule is CC1CCCC1C(=O)Nc1cc(Cl)ccc1C#CCO. The standard InChI is InChI=1S/C16H18ClNO2/c1-11-4-2-6-14(11)16(20)18-15-10-13(17)8-7-12(15)5-3-9-19/h7-8,10-11,14,19H,2,4,6,9H2,1H3,(H,18,20). The van der Waals surface area contributed by atoms with Gasteiger partial charge in [0.2, 0.25) is 5.91 Å². The zero-order valence-electron chi connectivity index (χ0n) is 11.4. The number of rotatable bonds is 2. The van der Waals surface area contributed by atoms with E-state index in [0.717, 1.165) is 19.3 Å². The van der Waals surface area contributed by atoms with Crippen LogP contribution in [0.5, 0.6) is 0 Å². The molecule has 0 heterocycles. The number of carbonyl (C=O) groups is 1. The van der Waals surface area contributed by atoms with Gasteiger partial charge in [0.05, 0.1) is 5.69 Å². The van der Waals surface area contributed by atoms with Crippen LogP contribution in [0, 0.1) is 23.7 Å². The third kappa shape index (κ3) is 3.53. The van der Waals surface area contributed by atoms with Crippen molar-refractivity contribution in [1.82, 2.24) is 0 Å². The molecule has 0 spiro atoms. The van der Waals surface area contributed by atoms with Crippen LogP contribution in [-0.4, -0.2) is 17.6 Å². The number of aliphatic hydroxyl groups excluding tert-OH is 1. The molecule has 1 aromatic carbocycles. The Labute approximate surface area is 124 Å². The summed E-state index contributed by atoms with van der Waals surface area (Å²) in [7, 11) is 0. The lowest BCUT2D eigenvalue weighted by Gasteiger charge is -2.16. The van der Waals surface area contributed by atoms with Gasteiger partial charge in [0.15, 0.2) is 0 Å². The normalized spacial score (nSPS) is 21.1. The van der Waals surface area contributed by atoms with Gasteiger partial charge in [0.25, 0.3) is 0 Å². The van der Waals surface area contributed by atoms with Crippen LogP contribution in [0.15, 0.2) is 18.2 Å². The van der Waals surface area contributed by atoms with Crippen molar-refractivity contribution >= 4 is 23.2 Å². The maximum absolute atomic E-state index is 12.3. The molecule has 106 valence electrons. The first-order chi connectivity index (χ1) is 9.61. The van der Waals surface area contributed by atoms with Crippen molar-refractivity contribution < 1.29 is 9.90 Å². The van der Waals surface area contributed by atoms with Crippen molar-refractivity contribution in [2.75, 3.05) is 11.9 Å². The summed E-state index contributed by atoms with van der Waals surface area (Å²) in [4.78, 5) is 12.3. The Morgan fingerprint density at radius 1 is 1.50 bits per heavy atom. The Bertz CT molecular complexity index is 559. The second-order valence-corrected chi connectivity index (χ2v) is 5.59. The molecule has 0 bridgehead atoms. The molecule has 1 fully saturated rings. The van der Waals surface area contributed by atoms with Crippen LogP contribution in [0.2, 0.25) is 5.02 Å². The van der Waals surface area contributed by atoms with E-state index in [1.807, 2.05) is 0 Å². The highest BCUT2D eigenvalue weighted by Crippen LogP contribution is 2.32. The lowest BCUT2D eigenvalue weighted by Crippen LogP contribution is -2.24. The first-order valence-corrected chi connectivity index (χ1v) is 7.19. The molecule has 1 aromatic rings. The van der Waals surface area contributed by atoms with Crippen LogP contribution in [0.25, 0.3) is 0 Å². The summed E-state index contributed by atoms with van der Waals surface area (Å²) < 4.78 is 0. The highest BCUT2D eigenvalue weighted by atomic mass is 35.5. The van der Waals surface area contributed by atoms with Gasteiger partial charge in [0, 0.05) is 16.5 Å². The molecule has 2 rings (SSSR count). The zero-order chi connectivity index (χ0) is 14.5. The van der Waals surface area contributed by atoms with Gasteiger partial charge in [-0.1, -0.05) is 36.8 Å². The van der Waals surface area contributed by atoms with Gasteiger partial charge >= 0.3 is 0 Å². The molecule has 3 nitrogen and oxygen atoms in total. The summed E-state index contributed by atoms with van der Waals surface area (Å²) in [5.41, 5.74) is 1.28. The summed E-state index contributed by atoms with van der Waals surface area (Å²) >= 11 is 5.97. The van der Waals surface area contributed by atoms with Crippen LogP contribution in [0.3, 0.4) is 0 Å². The Morgan fingerprint density at radius 2 is 2.30 bits per heavy atom. The second-order valence-electron chi connectivity index (χ2n) is 5.15. The van der Waals surface area contributed by atoms with Crippen molar-refractivity contribution in [3.8, 4) is 11.8 Å². The monoisotopic (exact) mass is 291 g/mol. The Morgan fingerprint density at radius 3 is 2.95 bits per heavy atom. The first kappa shape index (κ1) is 14.9. The lowest BCUT2D eigenvalue weighted by molar-refractivity contribution is -0.120. The van der Waals surface area contributed by atoms with Crippen molar-refractivity contribution in [2.45, 2.75) is 26.2 Å². The Kier molecular flexibility index (Phi) is 5.05. The van der Waals surface area contributed by atoms with Gasteiger partial charge in [-0.15, -0.1) is 0 Å². The molecule has 1 saturated carbocycles. The zero-order valence-corrected chi connectivity index (χ0v) is 12.2. The van der Waals surface area contributed by atoms with Crippen molar-refractivity contribution in [2.24, 2.45) is 11.8 Å². The predicted molar refractivity (Wildman–Crippen MR) is 80.6 cm³/mol. The predicted octanol–water partition coefficient (Wildman–Crippen LogP) is 3.06. The molecule has 0 aliphatic heterocycles. The minimum Gasteiger partial charge on any atom is -0.384 e. The minimum absolute atomic E-state index is 0.0318. The average Bonchev–Trinajstić information content (AvgIpc) is 2.84. The van der Waals surface area contributed by atoms with Gasteiger partial charge in [-0.25, -0.2) is 0 Å². The van der Waals surface area contributed by atoms with E-state index in [1.165, 1.54) is 0 Å². The van der Waals surface area contributed by atoms with Gasteiger partial charge in [-0.3, -0.25) is 4.79 Å². The summed E-state index contributed by atoms with van der Waals surface area (Å²) in [5, 5.41) is 12.3. The number of hydrogen-bond donors (Lipinski definition) is 2. The topological polar surface area (TPSA) is 49.3 Å². The number of aliphatic hydroxyl groups is 1. The summed E-state index contributed by atoms with van der Waals surface area (Å²) in [6.45, 7) is 1.90. The maximum Gasteiger partial charge on any atom is 0.227 e. The van der Waals surface area contributed by atoms with Crippen LogP contribution in [0.1, 0.15) is 31.7 Å². The van der Waals surface area contributed by atoms with Gasteiger partial charge in [-0.05, 0) is 37.0 Å². The molecule has 20 heavy (non-hydrogen) atoms. The van der Waals surface area contributed by atoms with Crippen LogP contribution in [-0.2, 0) is 4.79 Å². The van der Waals surface area contributed by atoms with Crippen molar-refractivity contribution in [3.05, 3.63) is 28.8 Å². The van der Waals surface area contributed by atoms with E-state index in [9.17, 15) is 4.79 Å². The van der Waals surface area contributed by atoms with E-state index >= 15 is 0 Å². The fourth-order valence-corrected chi connectivity index (χ4v) is 2.80. The van der Waals surface area contributed by atoms with Crippen LogP contribution < -0.4 is 5.32 Å². The number of benzene rings is 1. The molecule has 2 unspecified atom stereocenters. The molecular formula is C16H18ClNO2. The fraction of sp³-hybridized carbons (Fsp3) is 0.438. The van der Waals surface area contributed by atoms with E-state index in [-0.39, 0.29) is 18.4 Å². The smallest absolute Gasteiger partial charge is 0.227 e. The van der Waals surface area contributed by atoms with E-state index < -0.39 is 0 Å². The number of amides is 1.